The van der Waals surface area contributed by atoms with Crippen LogP contribution in [0, 0.1) is 0 Å². The molecule has 0 atom stereocenters. The number of benzene rings is 1. The lowest BCUT2D eigenvalue weighted by Gasteiger charge is -2.28. The predicted molar refractivity (Wildman–Crippen MR) is 76.8 cm³/mol. The number of hydrogen-bond acceptors (Lipinski definition) is 2. The standard InChI is InChI=1S/C14H17Cl2NO2/c1-17(9-14(19)7-2-3-8-14)13(18)10-5-4-6-11(15)12(10)16/h4-6,19H,2-3,7-9H2,1H3. The number of carbonyl (C=O) groups excluding carboxylic acids is 1. The molecule has 1 aromatic rings. The minimum Gasteiger partial charge on any atom is -0.388 e. The van der Waals surface area contributed by atoms with E-state index in [4.69, 9.17) is 23.2 Å². The zero-order valence-electron chi connectivity index (χ0n) is 10.8. The molecule has 1 amide bonds. The topological polar surface area (TPSA) is 40.5 Å². The van der Waals surface area contributed by atoms with E-state index in [1.807, 2.05) is 0 Å². The molecule has 5 heteroatoms. The van der Waals surface area contributed by atoms with Gasteiger partial charge in [-0.3, -0.25) is 4.79 Å². The molecule has 0 heterocycles. The fourth-order valence-electron chi connectivity index (χ4n) is 2.58. The van der Waals surface area contributed by atoms with Crippen molar-refractivity contribution in [2.45, 2.75) is 31.3 Å². The lowest BCUT2D eigenvalue weighted by molar-refractivity contribution is 0.0157. The number of rotatable bonds is 3. The van der Waals surface area contributed by atoms with Crippen molar-refractivity contribution in [1.82, 2.24) is 4.90 Å². The summed E-state index contributed by atoms with van der Waals surface area (Å²) in [7, 11) is 1.68. The van der Waals surface area contributed by atoms with Gasteiger partial charge in [-0.05, 0) is 25.0 Å². The fraction of sp³-hybridized carbons (Fsp3) is 0.500. The number of likely N-dealkylation sites (N-methyl/N-ethyl adjacent to an activating group) is 1. The average molecular weight is 302 g/mol. The van der Waals surface area contributed by atoms with Gasteiger partial charge in [-0.15, -0.1) is 0 Å². The molecule has 0 saturated heterocycles. The Balaban J connectivity index is 2.12. The summed E-state index contributed by atoms with van der Waals surface area (Å²) < 4.78 is 0. The van der Waals surface area contributed by atoms with E-state index in [-0.39, 0.29) is 10.9 Å². The molecule has 0 unspecified atom stereocenters. The van der Waals surface area contributed by atoms with Gasteiger partial charge in [-0.25, -0.2) is 0 Å². The second kappa shape index (κ2) is 5.70. The summed E-state index contributed by atoms with van der Waals surface area (Å²) in [5.41, 5.74) is -0.381. The maximum atomic E-state index is 12.3. The molecule has 1 saturated carbocycles. The van der Waals surface area contributed by atoms with Crippen LogP contribution in [-0.2, 0) is 0 Å². The van der Waals surface area contributed by atoms with Crippen LogP contribution in [0.1, 0.15) is 36.0 Å². The molecule has 3 nitrogen and oxygen atoms in total. The van der Waals surface area contributed by atoms with E-state index in [1.165, 1.54) is 4.90 Å². The maximum absolute atomic E-state index is 12.3. The molecule has 19 heavy (non-hydrogen) atoms. The Morgan fingerprint density at radius 3 is 2.63 bits per heavy atom. The summed E-state index contributed by atoms with van der Waals surface area (Å²) in [5, 5.41) is 11.0. The average Bonchev–Trinajstić information content (AvgIpc) is 2.78. The van der Waals surface area contributed by atoms with Gasteiger partial charge in [-0.2, -0.15) is 0 Å². The first kappa shape index (κ1) is 14.6. The molecule has 0 aromatic heterocycles. The van der Waals surface area contributed by atoms with Crippen LogP contribution in [-0.4, -0.2) is 35.1 Å². The molecule has 0 spiro atoms. The highest BCUT2D eigenvalue weighted by Gasteiger charge is 2.33. The van der Waals surface area contributed by atoms with Crippen LogP contribution in [0.2, 0.25) is 10.0 Å². The first-order valence-electron chi connectivity index (χ1n) is 6.35. The van der Waals surface area contributed by atoms with Crippen molar-refractivity contribution in [2.75, 3.05) is 13.6 Å². The van der Waals surface area contributed by atoms with Gasteiger partial charge in [0.1, 0.15) is 0 Å². The van der Waals surface area contributed by atoms with Crippen molar-refractivity contribution in [2.24, 2.45) is 0 Å². The molecule has 2 rings (SSSR count). The normalized spacial score (nSPS) is 17.5. The Morgan fingerprint density at radius 2 is 2.00 bits per heavy atom. The van der Waals surface area contributed by atoms with Crippen LogP contribution in [0.4, 0.5) is 0 Å². The molecular weight excluding hydrogens is 285 g/mol. The maximum Gasteiger partial charge on any atom is 0.255 e. The van der Waals surface area contributed by atoms with Gasteiger partial charge in [-0.1, -0.05) is 42.1 Å². The van der Waals surface area contributed by atoms with Gasteiger partial charge in [0.05, 0.1) is 21.2 Å². The summed E-state index contributed by atoms with van der Waals surface area (Å²) in [5.74, 6) is -0.215. The highest BCUT2D eigenvalue weighted by molar-refractivity contribution is 6.43. The predicted octanol–water partition coefficient (Wildman–Crippen LogP) is 3.37. The van der Waals surface area contributed by atoms with E-state index in [9.17, 15) is 9.90 Å². The van der Waals surface area contributed by atoms with Crippen molar-refractivity contribution < 1.29 is 9.90 Å². The molecule has 1 aromatic carbocycles. The van der Waals surface area contributed by atoms with Crippen molar-refractivity contribution >= 4 is 29.1 Å². The third kappa shape index (κ3) is 3.22. The number of nitrogens with zero attached hydrogens (tertiary/aromatic N) is 1. The highest BCUT2D eigenvalue weighted by atomic mass is 35.5. The van der Waals surface area contributed by atoms with Crippen molar-refractivity contribution in [3.8, 4) is 0 Å². The van der Waals surface area contributed by atoms with Crippen LogP contribution in [0.25, 0.3) is 0 Å². The zero-order valence-corrected chi connectivity index (χ0v) is 12.3. The van der Waals surface area contributed by atoms with Crippen LogP contribution in [0.15, 0.2) is 18.2 Å². The van der Waals surface area contributed by atoms with E-state index >= 15 is 0 Å². The quantitative estimate of drug-likeness (QED) is 0.930. The van der Waals surface area contributed by atoms with Gasteiger partial charge < -0.3 is 10.0 Å². The molecule has 1 aliphatic carbocycles. The number of hydrogen-bond donors (Lipinski definition) is 1. The van der Waals surface area contributed by atoms with Crippen LogP contribution < -0.4 is 0 Å². The number of carbonyl (C=O) groups is 1. The van der Waals surface area contributed by atoms with Crippen molar-refractivity contribution in [3.05, 3.63) is 33.8 Å². The molecule has 0 radical (unpaired) electrons. The summed E-state index contributed by atoms with van der Waals surface area (Å²) in [6.07, 6.45) is 3.51. The molecule has 1 fully saturated rings. The summed E-state index contributed by atoms with van der Waals surface area (Å²) in [4.78, 5) is 13.8. The second-order valence-corrected chi connectivity index (χ2v) is 5.98. The fourth-order valence-corrected chi connectivity index (χ4v) is 2.96. The second-order valence-electron chi connectivity index (χ2n) is 5.19. The van der Waals surface area contributed by atoms with Gasteiger partial charge in [0.15, 0.2) is 0 Å². The van der Waals surface area contributed by atoms with Gasteiger partial charge in [0.2, 0.25) is 0 Å². The van der Waals surface area contributed by atoms with Crippen LogP contribution >= 0.6 is 23.2 Å². The van der Waals surface area contributed by atoms with Crippen LogP contribution in [0.5, 0.6) is 0 Å². The molecule has 1 N–H and O–H groups in total. The molecule has 0 aliphatic heterocycles. The lowest BCUT2D eigenvalue weighted by Crippen LogP contribution is -2.42. The van der Waals surface area contributed by atoms with E-state index < -0.39 is 5.60 Å². The molecule has 0 bridgehead atoms. The number of amides is 1. The Kier molecular flexibility index (Phi) is 4.39. The van der Waals surface area contributed by atoms with Gasteiger partial charge in [0, 0.05) is 13.6 Å². The highest BCUT2D eigenvalue weighted by Crippen LogP contribution is 2.31. The Bertz CT molecular complexity index is 484. The third-order valence-corrected chi connectivity index (χ3v) is 4.41. The first-order valence-corrected chi connectivity index (χ1v) is 7.10. The summed E-state index contributed by atoms with van der Waals surface area (Å²) >= 11 is 11.9. The van der Waals surface area contributed by atoms with E-state index in [0.29, 0.717) is 17.1 Å². The SMILES string of the molecule is CN(CC1(O)CCCC1)C(=O)c1cccc(Cl)c1Cl. The number of halogens is 2. The van der Waals surface area contributed by atoms with Crippen molar-refractivity contribution in [3.63, 3.8) is 0 Å². The van der Waals surface area contributed by atoms with E-state index in [2.05, 4.69) is 0 Å². The van der Waals surface area contributed by atoms with E-state index in [1.54, 1.807) is 25.2 Å². The Morgan fingerprint density at radius 1 is 1.37 bits per heavy atom. The first-order chi connectivity index (χ1) is 8.93. The molecular formula is C14H17Cl2NO2. The molecule has 1 aliphatic rings. The number of aliphatic hydroxyl groups is 1. The van der Waals surface area contributed by atoms with Crippen LogP contribution in [0.3, 0.4) is 0 Å². The lowest BCUT2D eigenvalue weighted by atomic mass is 10.0. The smallest absolute Gasteiger partial charge is 0.255 e. The van der Waals surface area contributed by atoms with Gasteiger partial charge >= 0.3 is 0 Å². The Labute approximate surface area is 123 Å². The van der Waals surface area contributed by atoms with Gasteiger partial charge in [0.25, 0.3) is 5.91 Å². The van der Waals surface area contributed by atoms with E-state index in [0.717, 1.165) is 25.7 Å². The Hall–Kier alpha value is -0.770. The largest absolute Gasteiger partial charge is 0.388 e. The van der Waals surface area contributed by atoms with Crippen molar-refractivity contribution in [1.29, 1.82) is 0 Å². The molecule has 104 valence electrons. The minimum atomic E-state index is -0.755. The minimum absolute atomic E-state index is 0.215. The zero-order chi connectivity index (χ0) is 14.0. The summed E-state index contributed by atoms with van der Waals surface area (Å²) in [6, 6.07) is 4.98. The monoisotopic (exact) mass is 301 g/mol. The third-order valence-electron chi connectivity index (χ3n) is 3.59. The summed E-state index contributed by atoms with van der Waals surface area (Å²) in [6.45, 7) is 0.328.